The van der Waals surface area contributed by atoms with Gasteiger partial charge in [-0.1, -0.05) is 36.0 Å². The monoisotopic (exact) mass is 406 g/mol. The number of hydrogen-bond donors (Lipinski definition) is 2. The van der Waals surface area contributed by atoms with Crippen LogP contribution in [0.1, 0.15) is 39.8 Å². The lowest BCUT2D eigenvalue weighted by Gasteiger charge is -2.06. The lowest BCUT2D eigenvalue weighted by atomic mass is 10.1. The maximum Gasteiger partial charge on any atom is 0.271 e. The van der Waals surface area contributed by atoms with Gasteiger partial charge >= 0.3 is 0 Å². The van der Waals surface area contributed by atoms with Crippen LogP contribution in [0, 0.1) is 13.8 Å². The largest absolute Gasteiger partial charge is 0.507 e. The molecule has 0 bridgehead atoms. The number of hydrazone groups is 1. The first-order valence-corrected chi connectivity index (χ1v) is 10.1. The lowest BCUT2D eigenvalue weighted by molar-refractivity contribution is 0.0955. The van der Waals surface area contributed by atoms with E-state index in [9.17, 15) is 9.90 Å². The summed E-state index contributed by atoms with van der Waals surface area (Å²) in [5, 5.41) is 14.7. The molecule has 1 heterocycles. The van der Waals surface area contributed by atoms with Gasteiger partial charge in [0.25, 0.3) is 5.91 Å². The Balaban J connectivity index is 1.60. The molecule has 0 saturated carbocycles. The number of nitrogens with zero attached hydrogens (tertiary/aromatic N) is 3. The zero-order chi connectivity index (χ0) is 20.8. The predicted octanol–water partition coefficient (Wildman–Crippen LogP) is 4.25. The fraction of sp³-hybridized carbons (Fsp3) is 0.182. The number of aromatic hydroxyl groups is 1. The summed E-state index contributed by atoms with van der Waals surface area (Å²) < 4.78 is 0. The number of amides is 1. The number of hydrogen-bond acceptors (Lipinski definition) is 6. The van der Waals surface area contributed by atoms with E-state index in [0.717, 1.165) is 27.9 Å². The number of phenols is 1. The van der Waals surface area contributed by atoms with E-state index >= 15 is 0 Å². The number of para-hydroxylation sites is 1. The first-order valence-electron chi connectivity index (χ1n) is 9.09. The van der Waals surface area contributed by atoms with Crippen LogP contribution in [0.3, 0.4) is 0 Å². The van der Waals surface area contributed by atoms with Crippen LogP contribution in [0.2, 0.25) is 0 Å². The fourth-order valence-electron chi connectivity index (χ4n) is 2.70. The topological polar surface area (TPSA) is 87.5 Å². The minimum atomic E-state index is -0.309. The normalized spacial score (nSPS) is 11.3. The van der Waals surface area contributed by atoms with Crippen LogP contribution in [0.5, 0.6) is 5.75 Å². The Kier molecular flexibility index (Phi) is 6.61. The molecule has 3 rings (SSSR count). The number of phenolic OH excluding ortho intramolecular Hbond substituents is 1. The molecular weight excluding hydrogens is 384 g/mol. The Morgan fingerprint density at radius 3 is 2.38 bits per heavy atom. The van der Waals surface area contributed by atoms with Crippen molar-refractivity contribution in [2.24, 2.45) is 5.10 Å². The van der Waals surface area contributed by atoms with E-state index in [0.29, 0.717) is 16.8 Å². The molecule has 2 N–H and O–H groups in total. The highest BCUT2D eigenvalue weighted by atomic mass is 32.2. The first kappa shape index (κ1) is 20.5. The zero-order valence-electron chi connectivity index (χ0n) is 16.5. The second-order valence-corrected chi connectivity index (χ2v) is 7.52. The Morgan fingerprint density at radius 2 is 1.72 bits per heavy atom. The summed E-state index contributed by atoms with van der Waals surface area (Å²) in [5.41, 5.74) is 7.11. The molecule has 2 aromatic carbocycles. The molecule has 0 radical (unpaired) electrons. The summed E-state index contributed by atoms with van der Waals surface area (Å²) in [6.45, 7) is 5.63. The van der Waals surface area contributed by atoms with Crippen molar-refractivity contribution in [3.05, 3.63) is 82.7 Å². The number of rotatable bonds is 6. The number of aryl methyl sites for hydroxylation is 2. The molecule has 0 saturated heterocycles. The third-order valence-corrected chi connectivity index (χ3v) is 5.08. The molecule has 0 unspecified atom stereocenters. The minimum absolute atomic E-state index is 0.123. The van der Waals surface area contributed by atoms with Gasteiger partial charge in [0.2, 0.25) is 0 Å². The quantitative estimate of drug-likeness (QED) is 0.277. The lowest BCUT2D eigenvalue weighted by Crippen LogP contribution is -2.19. The predicted molar refractivity (Wildman–Crippen MR) is 115 cm³/mol. The van der Waals surface area contributed by atoms with E-state index in [1.54, 1.807) is 55.1 Å². The van der Waals surface area contributed by atoms with Crippen LogP contribution < -0.4 is 5.43 Å². The van der Waals surface area contributed by atoms with Crippen molar-refractivity contribution in [1.29, 1.82) is 0 Å². The SMILES string of the molecule is CC(=NNC(=O)c1ccc(CSc2nc(C)cc(C)n2)cc1)c1ccccc1O. The van der Waals surface area contributed by atoms with Gasteiger partial charge in [-0.25, -0.2) is 15.4 Å². The summed E-state index contributed by atoms with van der Waals surface area (Å²) >= 11 is 1.56. The number of nitrogens with one attached hydrogen (secondary N) is 1. The third-order valence-electron chi connectivity index (χ3n) is 4.16. The van der Waals surface area contributed by atoms with Gasteiger partial charge in [-0.2, -0.15) is 5.10 Å². The molecule has 0 fully saturated rings. The standard InChI is InChI=1S/C22H22N4O2S/c1-14-12-15(2)24-22(23-14)29-13-17-8-10-18(11-9-17)21(28)26-25-16(3)19-6-4-5-7-20(19)27/h4-12,27H,13H2,1-3H3,(H,26,28). The van der Waals surface area contributed by atoms with E-state index in [4.69, 9.17) is 0 Å². The van der Waals surface area contributed by atoms with Crippen molar-refractivity contribution in [3.8, 4) is 5.75 Å². The highest BCUT2D eigenvalue weighted by molar-refractivity contribution is 7.98. The summed E-state index contributed by atoms with van der Waals surface area (Å²) in [6.07, 6.45) is 0. The zero-order valence-corrected chi connectivity index (χ0v) is 17.3. The molecule has 0 aliphatic heterocycles. The van der Waals surface area contributed by atoms with Gasteiger partial charge in [0.05, 0.1) is 5.71 Å². The van der Waals surface area contributed by atoms with Crippen molar-refractivity contribution in [1.82, 2.24) is 15.4 Å². The highest BCUT2D eigenvalue weighted by Crippen LogP contribution is 2.20. The Hall–Kier alpha value is -3.19. The molecule has 0 atom stereocenters. The Labute approximate surface area is 174 Å². The molecule has 7 heteroatoms. The van der Waals surface area contributed by atoms with Crippen LogP contribution in [0.25, 0.3) is 0 Å². The van der Waals surface area contributed by atoms with Gasteiger partial charge in [-0.05, 0) is 56.7 Å². The smallest absolute Gasteiger partial charge is 0.271 e. The maximum atomic E-state index is 12.3. The van der Waals surface area contributed by atoms with Crippen molar-refractivity contribution in [2.75, 3.05) is 0 Å². The van der Waals surface area contributed by atoms with Crippen LogP contribution in [0.4, 0.5) is 0 Å². The van der Waals surface area contributed by atoms with Crippen LogP contribution in [-0.4, -0.2) is 26.7 Å². The van der Waals surface area contributed by atoms with Crippen LogP contribution in [0.15, 0.2) is 64.9 Å². The van der Waals surface area contributed by atoms with Crippen molar-refractivity contribution in [2.45, 2.75) is 31.7 Å². The van der Waals surface area contributed by atoms with Crippen molar-refractivity contribution >= 4 is 23.4 Å². The summed E-state index contributed by atoms with van der Waals surface area (Å²) in [7, 11) is 0. The van der Waals surface area contributed by atoms with Gasteiger partial charge in [0.1, 0.15) is 5.75 Å². The fourth-order valence-corrected chi connectivity index (χ4v) is 3.60. The average molecular weight is 407 g/mol. The Bertz CT molecular complexity index is 1030. The third kappa shape index (κ3) is 5.65. The van der Waals surface area contributed by atoms with Crippen molar-refractivity contribution in [3.63, 3.8) is 0 Å². The van der Waals surface area contributed by atoms with E-state index in [2.05, 4.69) is 20.5 Å². The van der Waals surface area contributed by atoms with Gasteiger partial charge in [-0.15, -0.1) is 0 Å². The summed E-state index contributed by atoms with van der Waals surface area (Å²) in [4.78, 5) is 21.2. The van der Waals surface area contributed by atoms with Gasteiger partial charge in [-0.3, -0.25) is 4.79 Å². The number of carbonyl (C=O) groups excluding carboxylic acids is 1. The van der Waals surface area contributed by atoms with E-state index < -0.39 is 0 Å². The maximum absolute atomic E-state index is 12.3. The minimum Gasteiger partial charge on any atom is -0.507 e. The molecule has 148 valence electrons. The van der Waals surface area contributed by atoms with Gasteiger partial charge in [0.15, 0.2) is 5.16 Å². The first-order chi connectivity index (χ1) is 13.9. The number of carbonyl (C=O) groups is 1. The molecule has 1 aromatic heterocycles. The number of thioether (sulfide) groups is 1. The van der Waals surface area contributed by atoms with Crippen LogP contribution in [-0.2, 0) is 5.75 Å². The molecular formula is C22H22N4O2S. The highest BCUT2D eigenvalue weighted by Gasteiger charge is 2.08. The van der Waals surface area contributed by atoms with Gasteiger partial charge in [0, 0.05) is 28.3 Å². The number of benzene rings is 2. The Morgan fingerprint density at radius 1 is 1.07 bits per heavy atom. The molecule has 1 amide bonds. The molecule has 0 spiro atoms. The van der Waals surface area contributed by atoms with E-state index in [-0.39, 0.29) is 11.7 Å². The molecule has 6 nitrogen and oxygen atoms in total. The second-order valence-electron chi connectivity index (χ2n) is 6.57. The summed E-state index contributed by atoms with van der Waals surface area (Å²) in [6, 6.07) is 16.1. The van der Waals surface area contributed by atoms with E-state index in [1.807, 2.05) is 32.0 Å². The molecule has 0 aliphatic carbocycles. The number of aromatic nitrogens is 2. The van der Waals surface area contributed by atoms with Gasteiger partial charge < -0.3 is 5.11 Å². The summed E-state index contributed by atoms with van der Waals surface area (Å²) in [5.74, 6) is 0.532. The molecule has 0 aliphatic rings. The molecule has 3 aromatic rings. The molecule has 29 heavy (non-hydrogen) atoms. The average Bonchev–Trinajstić information content (AvgIpc) is 2.70. The van der Waals surface area contributed by atoms with Crippen LogP contribution >= 0.6 is 11.8 Å². The van der Waals surface area contributed by atoms with E-state index in [1.165, 1.54) is 0 Å². The second kappa shape index (κ2) is 9.34. The van der Waals surface area contributed by atoms with Crippen molar-refractivity contribution < 1.29 is 9.90 Å².